The molecule has 0 unspecified atom stereocenters. The first-order chi connectivity index (χ1) is 8.28. The van der Waals surface area contributed by atoms with Gasteiger partial charge < -0.3 is 10.1 Å². The zero-order chi connectivity index (χ0) is 12.1. The summed E-state index contributed by atoms with van der Waals surface area (Å²) in [4.78, 5) is 0. The summed E-state index contributed by atoms with van der Waals surface area (Å²) in [6.45, 7) is 1.55. The summed E-state index contributed by atoms with van der Waals surface area (Å²) in [6, 6.07) is 10.4. The quantitative estimate of drug-likeness (QED) is 0.816. The van der Waals surface area contributed by atoms with Crippen LogP contribution in [-0.4, -0.2) is 13.7 Å². The van der Waals surface area contributed by atoms with Crippen molar-refractivity contribution in [2.24, 2.45) is 5.41 Å². The average molecular weight is 230 g/mol. The lowest BCUT2D eigenvalue weighted by molar-refractivity contribution is 0.237. The third-order valence-corrected chi connectivity index (χ3v) is 3.26. The Balaban J connectivity index is 1.85. The molecule has 17 heavy (non-hydrogen) atoms. The number of ether oxygens (including phenoxy) is 1. The summed E-state index contributed by atoms with van der Waals surface area (Å²) in [7, 11) is 1.93. The fourth-order valence-electron chi connectivity index (χ4n) is 1.86. The molecule has 0 bridgehead atoms. The first kappa shape index (κ1) is 11.9. The lowest BCUT2D eigenvalue weighted by atomic mass is 10.1. The van der Waals surface area contributed by atoms with Crippen molar-refractivity contribution in [1.82, 2.24) is 5.32 Å². The van der Waals surface area contributed by atoms with Gasteiger partial charge in [-0.05, 0) is 37.6 Å². The SMILES string of the molecule is CNCc1ccc(OCC2(CC#N)CC2)cc1. The lowest BCUT2D eigenvalue weighted by Crippen LogP contribution is -2.12. The number of benzene rings is 1. The highest BCUT2D eigenvalue weighted by Crippen LogP contribution is 2.48. The average Bonchev–Trinajstić information content (AvgIpc) is 3.10. The van der Waals surface area contributed by atoms with E-state index >= 15 is 0 Å². The molecule has 1 aromatic carbocycles. The van der Waals surface area contributed by atoms with Crippen molar-refractivity contribution in [3.63, 3.8) is 0 Å². The Labute approximate surface area is 102 Å². The molecule has 0 aliphatic heterocycles. The molecule has 0 saturated heterocycles. The first-order valence-electron chi connectivity index (χ1n) is 6.01. The Kier molecular flexibility index (Phi) is 3.65. The summed E-state index contributed by atoms with van der Waals surface area (Å²) >= 11 is 0. The largest absolute Gasteiger partial charge is 0.493 e. The highest BCUT2D eigenvalue weighted by atomic mass is 16.5. The molecular weight excluding hydrogens is 212 g/mol. The summed E-state index contributed by atoms with van der Waals surface area (Å²) in [6.07, 6.45) is 2.86. The number of hydrogen-bond acceptors (Lipinski definition) is 3. The lowest BCUT2D eigenvalue weighted by Gasteiger charge is -2.13. The van der Waals surface area contributed by atoms with Gasteiger partial charge in [-0.2, -0.15) is 5.26 Å². The Bertz CT molecular complexity index is 401. The topological polar surface area (TPSA) is 45.0 Å². The van der Waals surface area contributed by atoms with Crippen molar-refractivity contribution in [3.8, 4) is 11.8 Å². The van der Waals surface area contributed by atoms with Crippen molar-refractivity contribution in [2.75, 3.05) is 13.7 Å². The normalized spacial score (nSPS) is 16.2. The minimum Gasteiger partial charge on any atom is -0.493 e. The Morgan fingerprint density at radius 2 is 2.06 bits per heavy atom. The zero-order valence-electron chi connectivity index (χ0n) is 10.2. The Morgan fingerprint density at radius 1 is 1.35 bits per heavy atom. The van der Waals surface area contributed by atoms with Gasteiger partial charge in [-0.15, -0.1) is 0 Å². The molecular formula is C14H18N2O. The van der Waals surface area contributed by atoms with Gasteiger partial charge in [0.1, 0.15) is 5.75 Å². The number of nitrogens with zero attached hydrogens (tertiary/aromatic N) is 1. The van der Waals surface area contributed by atoms with Crippen LogP contribution < -0.4 is 10.1 Å². The van der Waals surface area contributed by atoms with Crippen molar-refractivity contribution in [1.29, 1.82) is 5.26 Å². The molecule has 1 fully saturated rings. The Hall–Kier alpha value is -1.53. The molecule has 0 heterocycles. The smallest absolute Gasteiger partial charge is 0.119 e. The summed E-state index contributed by atoms with van der Waals surface area (Å²) in [5.41, 5.74) is 1.40. The summed E-state index contributed by atoms with van der Waals surface area (Å²) in [5, 5.41) is 11.8. The number of nitriles is 1. The minimum absolute atomic E-state index is 0.151. The van der Waals surface area contributed by atoms with Gasteiger partial charge in [0.25, 0.3) is 0 Å². The van der Waals surface area contributed by atoms with Gasteiger partial charge in [-0.3, -0.25) is 0 Å². The van der Waals surface area contributed by atoms with Crippen molar-refractivity contribution >= 4 is 0 Å². The number of hydrogen-bond donors (Lipinski definition) is 1. The van der Waals surface area contributed by atoms with Crippen molar-refractivity contribution in [2.45, 2.75) is 25.8 Å². The fourth-order valence-corrected chi connectivity index (χ4v) is 1.86. The third-order valence-electron chi connectivity index (χ3n) is 3.26. The van der Waals surface area contributed by atoms with Crippen LogP contribution in [0.3, 0.4) is 0 Å². The third kappa shape index (κ3) is 3.21. The predicted octanol–water partition coefficient (Wildman–Crippen LogP) is 2.48. The van der Waals surface area contributed by atoms with Gasteiger partial charge in [0.05, 0.1) is 12.7 Å². The summed E-state index contributed by atoms with van der Waals surface area (Å²) in [5.74, 6) is 0.897. The molecule has 0 atom stereocenters. The molecule has 1 aliphatic rings. The molecule has 2 rings (SSSR count). The molecule has 1 aromatic rings. The van der Waals surface area contributed by atoms with E-state index in [1.807, 2.05) is 19.2 Å². The van der Waals surface area contributed by atoms with Crippen LogP contribution in [0.25, 0.3) is 0 Å². The summed E-state index contributed by atoms with van der Waals surface area (Å²) < 4.78 is 5.75. The zero-order valence-corrected chi connectivity index (χ0v) is 10.2. The molecule has 1 aliphatic carbocycles. The van der Waals surface area contributed by atoms with E-state index < -0.39 is 0 Å². The van der Waals surface area contributed by atoms with Crippen LogP contribution in [-0.2, 0) is 6.54 Å². The molecule has 0 radical (unpaired) electrons. The van der Waals surface area contributed by atoms with Gasteiger partial charge in [-0.1, -0.05) is 12.1 Å². The Morgan fingerprint density at radius 3 is 2.59 bits per heavy atom. The standard InChI is InChI=1S/C14H18N2O/c1-16-10-12-2-4-13(5-3-12)17-11-14(6-7-14)8-9-15/h2-5,16H,6-8,10-11H2,1H3. The molecule has 0 spiro atoms. The van der Waals surface area contributed by atoms with Crippen molar-refractivity contribution in [3.05, 3.63) is 29.8 Å². The van der Waals surface area contributed by atoms with Crippen LogP contribution in [0.4, 0.5) is 0 Å². The van der Waals surface area contributed by atoms with Crippen LogP contribution in [0.1, 0.15) is 24.8 Å². The molecule has 0 amide bonds. The van der Waals surface area contributed by atoms with Gasteiger partial charge in [0.15, 0.2) is 0 Å². The van der Waals surface area contributed by atoms with Crippen LogP contribution in [0.5, 0.6) is 5.75 Å². The highest BCUT2D eigenvalue weighted by Gasteiger charge is 2.43. The molecule has 3 nitrogen and oxygen atoms in total. The van der Waals surface area contributed by atoms with Gasteiger partial charge >= 0.3 is 0 Å². The maximum absolute atomic E-state index is 8.72. The van der Waals surface area contributed by atoms with E-state index in [2.05, 4.69) is 23.5 Å². The second-order valence-corrected chi connectivity index (χ2v) is 4.80. The maximum Gasteiger partial charge on any atom is 0.119 e. The molecule has 3 heteroatoms. The predicted molar refractivity (Wildman–Crippen MR) is 66.6 cm³/mol. The molecule has 1 N–H and O–H groups in total. The van der Waals surface area contributed by atoms with Crippen molar-refractivity contribution < 1.29 is 4.74 Å². The van der Waals surface area contributed by atoms with E-state index in [9.17, 15) is 0 Å². The molecule has 0 aromatic heterocycles. The monoisotopic (exact) mass is 230 g/mol. The molecule has 90 valence electrons. The van der Waals surface area contributed by atoms with Crippen LogP contribution in [0.15, 0.2) is 24.3 Å². The van der Waals surface area contributed by atoms with E-state index in [-0.39, 0.29) is 5.41 Å². The highest BCUT2D eigenvalue weighted by molar-refractivity contribution is 5.27. The van der Waals surface area contributed by atoms with E-state index in [0.29, 0.717) is 13.0 Å². The second kappa shape index (κ2) is 5.20. The minimum atomic E-state index is 0.151. The van der Waals surface area contributed by atoms with Gasteiger partial charge in [0, 0.05) is 18.4 Å². The van der Waals surface area contributed by atoms with Crippen LogP contribution >= 0.6 is 0 Å². The number of nitrogens with one attached hydrogen (secondary N) is 1. The van der Waals surface area contributed by atoms with E-state index in [0.717, 1.165) is 25.1 Å². The van der Waals surface area contributed by atoms with E-state index in [1.165, 1.54) is 5.56 Å². The second-order valence-electron chi connectivity index (χ2n) is 4.80. The van der Waals surface area contributed by atoms with Gasteiger partial charge in [0.2, 0.25) is 0 Å². The fraction of sp³-hybridized carbons (Fsp3) is 0.500. The number of rotatable bonds is 6. The van der Waals surface area contributed by atoms with Crippen LogP contribution in [0.2, 0.25) is 0 Å². The maximum atomic E-state index is 8.72. The van der Waals surface area contributed by atoms with E-state index in [4.69, 9.17) is 10.00 Å². The van der Waals surface area contributed by atoms with Gasteiger partial charge in [-0.25, -0.2) is 0 Å². The van der Waals surface area contributed by atoms with Crippen LogP contribution in [0, 0.1) is 16.7 Å². The molecule has 1 saturated carbocycles. The first-order valence-corrected chi connectivity index (χ1v) is 6.01. The van der Waals surface area contributed by atoms with E-state index in [1.54, 1.807) is 0 Å².